The van der Waals surface area contributed by atoms with E-state index in [0.29, 0.717) is 13.1 Å². The van der Waals surface area contributed by atoms with Gasteiger partial charge in [-0.2, -0.15) is 11.3 Å². The number of hydrogen-bond donors (Lipinski definition) is 3. The fraction of sp³-hybridized carbons (Fsp3) is 0.600. The standard InChI is InChI=1S/C15H22N2O3S/c18-13(19)8-15(5-2-1-3-6-15)11-17-14(20)16-9-12-4-7-21-10-12/h4,7,10H,1-3,5-6,8-9,11H2,(H,18,19)(H2,16,17,20). The lowest BCUT2D eigenvalue weighted by molar-refractivity contribution is -0.140. The van der Waals surface area contributed by atoms with Crippen molar-refractivity contribution in [1.82, 2.24) is 10.6 Å². The normalized spacial score (nSPS) is 17.1. The van der Waals surface area contributed by atoms with Gasteiger partial charge < -0.3 is 15.7 Å². The van der Waals surface area contributed by atoms with Crippen molar-refractivity contribution in [1.29, 1.82) is 0 Å². The average molecular weight is 310 g/mol. The van der Waals surface area contributed by atoms with Crippen LogP contribution in [-0.2, 0) is 11.3 Å². The van der Waals surface area contributed by atoms with E-state index in [2.05, 4.69) is 10.6 Å². The third-order valence-electron chi connectivity index (χ3n) is 4.10. The average Bonchev–Trinajstić information content (AvgIpc) is 2.96. The first-order valence-corrected chi connectivity index (χ1v) is 8.29. The monoisotopic (exact) mass is 310 g/mol. The Bertz CT molecular complexity index is 467. The lowest BCUT2D eigenvalue weighted by Crippen LogP contribution is -2.44. The molecule has 1 aromatic rings. The van der Waals surface area contributed by atoms with Crippen molar-refractivity contribution in [2.45, 2.75) is 45.1 Å². The van der Waals surface area contributed by atoms with Crippen LogP contribution in [0.3, 0.4) is 0 Å². The SMILES string of the molecule is O=C(O)CC1(CNC(=O)NCc2ccsc2)CCCCC1. The Hall–Kier alpha value is -1.56. The van der Waals surface area contributed by atoms with Crippen LogP contribution in [0.15, 0.2) is 16.8 Å². The third-order valence-corrected chi connectivity index (χ3v) is 4.83. The number of aliphatic carboxylic acids is 1. The number of amides is 2. The molecule has 0 aliphatic heterocycles. The van der Waals surface area contributed by atoms with Crippen LogP contribution in [0.25, 0.3) is 0 Å². The maximum atomic E-state index is 11.8. The summed E-state index contributed by atoms with van der Waals surface area (Å²) in [5.74, 6) is -0.780. The van der Waals surface area contributed by atoms with E-state index >= 15 is 0 Å². The summed E-state index contributed by atoms with van der Waals surface area (Å²) in [7, 11) is 0. The van der Waals surface area contributed by atoms with Crippen molar-refractivity contribution in [2.75, 3.05) is 6.54 Å². The zero-order valence-electron chi connectivity index (χ0n) is 12.1. The molecular weight excluding hydrogens is 288 g/mol. The molecule has 1 aliphatic carbocycles. The minimum atomic E-state index is -0.780. The molecule has 1 aliphatic rings. The van der Waals surface area contributed by atoms with Crippen LogP contribution in [0.5, 0.6) is 0 Å². The first-order valence-electron chi connectivity index (χ1n) is 7.34. The molecule has 6 heteroatoms. The number of carboxylic acid groups (broad SMARTS) is 1. The number of carboxylic acids is 1. The highest BCUT2D eigenvalue weighted by Gasteiger charge is 2.34. The summed E-state index contributed by atoms with van der Waals surface area (Å²) in [4.78, 5) is 22.9. The second kappa shape index (κ2) is 7.45. The van der Waals surface area contributed by atoms with Gasteiger partial charge in [0.05, 0.1) is 6.42 Å². The Morgan fingerprint density at radius 3 is 2.62 bits per heavy atom. The predicted molar refractivity (Wildman–Crippen MR) is 82.3 cm³/mol. The molecule has 21 heavy (non-hydrogen) atoms. The number of carbonyl (C=O) groups excluding carboxylic acids is 1. The molecule has 0 bridgehead atoms. The van der Waals surface area contributed by atoms with Crippen LogP contribution in [0.1, 0.15) is 44.1 Å². The van der Waals surface area contributed by atoms with Gasteiger partial charge in [-0.1, -0.05) is 19.3 Å². The van der Waals surface area contributed by atoms with Crippen molar-refractivity contribution >= 4 is 23.3 Å². The maximum Gasteiger partial charge on any atom is 0.315 e. The number of hydrogen-bond acceptors (Lipinski definition) is 3. The molecule has 3 N–H and O–H groups in total. The lowest BCUT2D eigenvalue weighted by Gasteiger charge is -2.36. The van der Waals surface area contributed by atoms with Crippen LogP contribution in [0.2, 0.25) is 0 Å². The highest BCUT2D eigenvalue weighted by atomic mass is 32.1. The fourth-order valence-electron chi connectivity index (χ4n) is 2.94. The number of carbonyl (C=O) groups is 2. The molecule has 1 fully saturated rings. The summed E-state index contributed by atoms with van der Waals surface area (Å²) < 4.78 is 0. The summed E-state index contributed by atoms with van der Waals surface area (Å²) >= 11 is 1.60. The van der Waals surface area contributed by atoms with Crippen LogP contribution < -0.4 is 10.6 Å². The van der Waals surface area contributed by atoms with Crippen molar-refractivity contribution in [2.24, 2.45) is 5.41 Å². The highest BCUT2D eigenvalue weighted by molar-refractivity contribution is 7.07. The first kappa shape index (κ1) is 15.8. The van der Waals surface area contributed by atoms with Crippen LogP contribution >= 0.6 is 11.3 Å². The third kappa shape index (κ3) is 5.04. The van der Waals surface area contributed by atoms with Crippen LogP contribution in [0, 0.1) is 5.41 Å². The molecule has 1 heterocycles. The topological polar surface area (TPSA) is 78.4 Å². The molecule has 0 spiro atoms. The highest BCUT2D eigenvalue weighted by Crippen LogP contribution is 2.38. The molecule has 2 amide bonds. The molecule has 1 saturated carbocycles. The van der Waals surface area contributed by atoms with E-state index in [1.165, 1.54) is 0 Å². The predicted octanol–water partition coefficient (Wildman–Crippen LogP) is 2.97. The van der Waals surface area contributed by atoms with Crippen molar-refractivity contribution in [3.05, 3.63) is 22.4 Å². The fourth-order valence-corrected chi connectivity index (χ4v) is 3.61. The Kier molecular flexibility index (Phi) is 5.61. The first-order chi connectivity index (χ1) is 10.1. The zero-order chi connectivity index (χ0) is 15.1. The van der Waals surface area contributed by atoms with E-state index in [0.717, 1.165) is 37.7 Å². The van der Waals surface area contributed by atoms with E-state index in [-0.39, 0.29) is 17.9 Å². The number of urea groups is 1. The minimum absolute atomic E-state index is 0.137. The van der Waals surface area contributed by atoms with E-state index in [9.17, 15) is 9.59 Å². The summed E-state index contributed by atoms with van der Waals surface area (Å²) in [5.41, 5.74) is 0.803. The molecule has 0 unspecified atom stereocenters. The van der Waals surface area contributed by atoms with Gasteiger partial charge in [-0.25, -0.2) is 4.79 Å². The van der Waals surface area contributed by atoms with Crippen LogP contribution in [-0.4, -0.2) is 23.7 Å². The summed E-state index contributed by atoms with van der Waals surface area (Å²) in [5, 5.41) is 18.7. The maximum absolute atomic E-state index is 11.8. The molecule has 116 valence electrons. The molecule has 0 radical (unpaired) electrons. The van der Waals surface area contributed by atoms with E-state index < -0.39 is 5.97 Å². The van der Waals surface area contributed by atoms with Gasteiger partial charge >= 0.3 is 12.0 Å². The van der Waals surface area contributed by atoms with Gasteiger partial charge in [0.1, 0.15) is 0 Å². The van der Waals surface area contributed by atoms with Crippen molar-refractivity contribution < 1.29 is 14.7 Å². The molecular formula is C15H22N2O3S. The van der Waals surface area contributed by atoms with Gasteiger partial charge in [-0.05, 0) is 40.6 Å². The Morgan fingerprint density at radius 1 is 1.24 bits per heavy atom. The molecule has 0 saturated heterocycles. The van der Waals surface area contributed by atoms with E-state index in [1.54, 1.807) is 11.3 Å². The van der Waals surface area contributed by atoms with Gasteiger partial charge in [-0.15, -0.1) is 0 Å². The van der Waals surface area contributed by atoms with Crippen LogP contribution in [0.4, 0.5) is 4.79 Å². The van der Waals surface area contributed by atoms with Crippen molar-refractivity contribution in [3.63, 3.8) is 0 Å². The van der Waals surface area contributed by atoms with E-state index in [1.807, 2.05) is 16.8 Å². The Morgan fingerprint density at radius 2 is 2.00 bits per heavy atom. The van der Waals surface area contributed by atoms with Gasteiger partial charge in [-0.3, -0.25) is 4.79 Å². The summed E-state index contributed by atoms with van der Waals surface area (Å²) in [6.07, 6.45) is 5.15. The summed E-state index contributed by atoms with van der Waals surface area (Å²) in [6.45, 7) is 0.941. The van der Waals surface area contributed by atoms with Gasteiger partial charge in [0.25, 0.3) is 0 Å². The Labute approximate surface area is 128 Å². The zero-order valence-corrected chi connectivity index (χ0v) is 12.9. The molecule has 0 atom stereocenters. The number of nitrogens with one attached hydrogen (secondary N) is 2. The van der Waals surface area contributed by atoms with Gasteiger partial charge in [0, 0.05) is 13.1 Å². The van der Waals surface area contributed by atoms with Crippen molar-refractivity contribution in [3.8, 4) is 0 Å². The molecule has 1 aromatic heterocycles. The minimum Gasteiger partial charge on any atom is -0.481 e. The second-order valence-corrected chi connectivity index (χ2v) is 6.58. The lowest BCUT2D eigenvalue weighted by atomic mass is 9.72. The number of rotatable bonds is 6. The Balaban J connectivity index is 1.80. The summed E-state index contributed by atoms with van der Waals surface area (Å²) in [6, 6.07) is 1.74. The van der Waals surface area contributed by atoms with Gasteiger partial charge in [0.15, 0.2) is 0 Å². The molecule has 0 aromatic carbocycles. The van der Waals surface area contributed by atoms with E-state index in [4.69, 9.17) is 5.11 Å². The van der Waals surface area contributed by atoms with Gasteiger partial charge in [0.2, 0.25) is 0 Å². The quantitative estimate of drug-likeness (QED) is 0.756. The molecule has 2 rings (SSSR count). The smallest absolute Gasteiger partial charge is 0.315 e. The molecule has 5 nitrogen and oxygen atoms in total. The second-order valence-electron chi connectivity index (χ2n) is 5.80. The number of thiophene rings is 1. The largest absolute Gasteiger partial charge is 0.481 e.